The van der Waals surface area contributed by atoms with Crippen LogP contribution >= 0.6 is 0 Å². The van der Waals surface area contributed by atoms with Gasteiger partial charge in [0.2, 0.25) is 0 Å². The highest BCUT2D eigenvalue weighted by molar-refractivity contribution is 5.30. The van der Waals surface area contributed by atoms with Crippen LogP contribution in [0, 0.1) is 19.8 Å². The minimum atomic E-state index is 0.285. The smallest absolute Gasteiger partial charge is 0.0460 e. The van der Waals surface area contributed by atoms with Gasteiger partial charge in [0.25, 0.3) is 0 Å². The molecule has 2 nitrogen and oxygen atoms in total. The second-order valence-electron chi connectivity index (χ2n) is 5.47. The molecule has 96 valence electrons. The SMILES string of the molecule is Cc1cc(C)cc(C(CCCC(C)C)NN)c1. The number of hydrogen-bond acceptors (Lipinski definition) is 2. The topological polar surface area (TPSA) is 38.0 Å². The van der Waals surface area contributed by atoms with Crippen LogP contribution in [0.5, 0.6) is 0 Å². The van der Waals surface area contributed by atoms with Crippen LogP contribution in [0.3, 0.4) is 0 Å². The Morgan fingerprint density at radius 3 is 2.12 bits per heavy atom. The van der Waals surface area contributed by atoms with Crippen LogP contribution in [0.4, 0.5) is 0 Å². The highest BCUT2D eigenvalue weighted by atomic mass is 15.2. The van der Waals surface area contributed by atoms with Crippen molar-refractivity contribution in [1.29, 1.82) is 0 Å². The lowest BCUT2D eigenvalue weighted by molar-refractivity contribution is 0.455. The minimum Gasteiger partial charge on any atom is -0.271 e. The van der Waals surface area contributed by atoms with Gasteiger partial charge in [-0.1, -0.05) is 56.0 Å². The van der Waals surface area contributed by atoms with Crippen LogP contribution in [0.2, 0.25) is 0 Å². The lowest BCUT2D eigenvalue weighted by atomic mass is 9.96. The maximum absolute atomic E-state index is 5.67. The van der Waals surface area contributed by atoms with Crippen LogP contribution < -0.4 is 11.3 Å². The normalized spacial score (nSPS) is 13.1. The van der Waals surface area contributed by atoms with Crippen molar-refractivity contribution in [2.24, 2.45) is 11.8 Å². The van der Waals surface area contributed by atoms with Gasteiger partial charge in [-0.05, 0) is 31.7 Å². The van der Waals surface area contributed by atoms with E-state index in [0.29, 0.717) is 0 Å². The Labute approximate surface area is 106 Å². The fraction of sp³-hybridized carbons (Fsp3) is 0.600. The molecule has 2 heteroatoms. The molecule has 1 unspecified atom stereocenters. The molecule has 17 heavy (non-hydrogen) atoms. The van der Waals surface area contributed by atoms with Gasteiger partial charge < -0.3 is 0 Å². The second-order valence-corrected chi connectivity index (χ2v) is 5.47. The first-order valence-corrected chi connectivity index (χ1v) is 6.57. The van der Waals surface area contributed by atoms with E-state index >= 15 is 0 Å². The van der Waals surface area contributed by atoms with E-state index in [0.717, 1.165) is 12.3 Å². The van der Waals surface area contributed by atoms with E-state index < -0.39 is 0 Å². The van der Waals surface area contributed by atoms with Crippen molar-refractivity contribution in [2.45, 2.75) is 53.0 Å². The molecule has 0 fully saturated rings. The number of nitrogens with one attached hydrogen (secondary N) is 1. The van der Waals surface area contributed by atoms with Gasteiger partial charge in [0.1, 0.15) is 0 Å². The van der Waals surface area contributed by atoms with E-state index in [-0.39, 0.29) is 6.04 Å². The summed E-state index contributed by atoms with van der Waals surface area (Å²) in [5, 5.41) is 0. The molecule has 1 aromatic carbocycles. The molecule has 0 aliphatic rings. The Hall–Kier alpha value is -0.860. The summed E-state index contributed by atoms with van der Waals surface area (Å²) in [5.74, 6) is 6.44. The highest BCUT2D eigenvalue weighted by Crippen LogP contribution is 2.22. The first-order valence-electron chi connectivity index (χ1n) is 6.57. The van der Waals surface area contributed by atoms with E-state index in [4.69, 9.17) is 5.84 Å². The molecule has 3 N–H and O–H groups in total. The third kappa shape index (κ3) is 4.88. The summed E-state index contributed by atoms with van der Waals surface area (Å²) in [6.07, 6.45) is 3.60. The van der Waals surface area contributed by atoms with Crippen LogP contribution in [0.1, 0.15) is 55.8 Å². The number of hydrogen-bond donors (Lipinski definition) is 2. The number of hydrazine groups is 1. The summed E-state index contributed by atoms with van der Waals surface area (Å²) < 4.78 is 0. The summed E-state index contributed by atoms with van der Waals surface area (Å²) in [6, 6.07) is 6.94. The predicted octanol–water partition coefficient (Wildman–Crippen LogP) is 3.63. The Morgan fingerprint density at radius 1 is 1.06 bits per heavy atom. The molecular weight excluding hydrogens is 208 g/mol. The Morgan fingerprint density at radius 2 is 1.65 bits per heavy atom. The van der Waals surface area contributed by atoms with Gasteiger partial charge in [-0.3, -0.25) is 11.3 Å². The van der Waals surface area contributed by atoms with Crippen molar-refractivity contribution in [3.63, 3.8) is 0 Å². The van der Waals surface area contributed by atoms with Crippen molar-refractivity contribution in [3.05, 3.63) is 34.9 Å². The van der Waals surface area contributed by atoms with Gasteiger partial charge in [-0.2, -0.15) is 0 Å². The molecule has 1 rings (SSSR count). The monoisotopic (exact) mass is 234 g/mol. The number of benzene rings is 1. The molecule has 0 radical (unpaired) electrons. The van der Waals surface area contributed by atoms with Crippen LogP contribution in [-0.4, -0.2) is 0 Å². The molecule has 0 heterocycles. The zero-order chi connectivity index (χ0) is 12.8. The van der Waals surface area contributed by atoms with E-state index in [1.807, 2.05) is 0 Å². The molecule has 0 amide bonds. The highest BCUT2D eigenvalue weighted by Gasteiger charge is 2.10. The van der Waals surface area contributed by atoms with Gasteiger partial charge in [-0.15, -0.1) is 0 Å². The summed E-state index contributed by atoms with van der Waals surface area (Å²) in [7, 11) is 0. The van der Waals surface area contributed by atoms with E-state index in [1.165, 1.54) is 29.5 Å². The summed E-state index contributed by atoms with van der Waals surface area (Å²) in [4.78, 5) is 0. The first kappa shape index (κ1) is 14.2. The van der Waals surface area contributed by atoms with Crippen LogP contribution in [0.25, 0.3) is 0 Å². The van der Waals surface area contributed by atoms with Crippen molar-refractivity contribution >= 4 is 0 Å². The predicted molar refractivity (Wildman–Crippen MR) is 74.7 cm³/mol. The molecule has 0 aliphatic carbocycles. The maximum Gasteiger partial charge on any atom is 0.0460 e. The first-order chi connectivity index (χ1) is 8.02. The molecule has 1 atom stereocenters. The zero-order valence-electron chi connectivity index (χ0n) is 11.6. The Bertz CT molecular complexity index is 325. The van der Waals surface area contributed by atoms with Crippen molar-refractivity contribution in [2.75, 3.05) is 0 Å². The van der Waals surface area contributed by atoms with Gasteiger partial charge in [0.05, 0.1) is 0 Å². The number of nitrogens with two attached hydrogens (primary N) is 1. The molecule has 0 aliphatic heterocycles. The summed E-state index contributed by atoms with van der Waals surface area (Å²) in [5.41, 5.74) is 6.88. The molecule has 1 aromatic rings. The maximum atomic E-state index is 5.67. The third-order valence-electron chi connectivity index (χ3n) is 3.12. The van der Waals surface area contributed by atoms with Gasteiger partial charge in [-0.25, -0.2) is 0 Å². The molecule has 0 saturated heterocycles. The van der Waals surface area contributed by atoms with Gasteiger partial charge in [0.15, 0.2) is 0 Å². The van der Waals surface area contributed by atoms with E-state index in [2.05, 4.69) is 51.3 Å². The molecule has 0 aromatic heterocycles. The van der Waals surface area contributed by atoms with E-state index in [9.17, 15) is 0 Å². The fourth-order valence-electron chi connectivity index (χ4n) is 2.29. The molecular formula is C15H26N2. The number of aryl methyl sites for hydroxylation is 2. The van der Waals surface area contributed by atoms with Crippen molar-refractivity contribution in [3.8, 4) is 0 Å². The average molecular weight is 234 g/mol. The number of rotatable bonds is 6. The standard InChI is InChI=1S/C15H26N2/c1-11(2)6-5-7-15(17-16)14-9-12(3)8-13(4)10-14/h8-11,15,17H,5-7,16H2,1-4H3. The second kappa shape index (κ2) is 6.77. The van der Waals surface area contributed by atoms with Crippen LogP contribution in [0.15, 0.2) is 18.2 Å². The molecule has 0 saturated carbocycles. The largest absolute Gasteiger partial charge is 0.271 e. The fourth-order valence-corrected chi connectivity index (χ4v) is 2.29. The average Bonchev–Trinajstić information content (AvgIpc) is 2.22. The Balaban J connectivity index is 2.65. The summed E-state index contributed by atoms with van der Waals surface area (Å²) in [6.45, 7) is 8.81. The molecule has 0 spiro atoms. The lowest BCUT2D eigenvalue weighted by Crippen LogP contribution is -2.28. The van der Waals surface area contributed by atoms with Crippen LogP contribution in [-0.2, 0) is 0 Å². The van der Waals surface area contributed by atoms with E-state index in [1.54, 1.807) is 0 Å². The van der Waals surface area contributed by atoms with Gasteiger partial charge in [0, 0.05) is 6.04 Å². The third-order valence-corrected chi connectivity index (χ3v) is 3.12. The quantitative estimate of drug-likeness (QED) is 0.582. The molecule has 0 bridgehead atoms. The lowest BCUT2D eigenvalue weighted by Gasteiger charge is -2.18. The van der Waals surface area contributed by atoms with Crippen molar-refractivity contribution in [1.82, 2.24) is 5.43 Å². The summed E-state index contributed by atoms with van der Waals surface area (Å²) >= 11 is 0. The Kier molecular flexibility index (Phi) is 5.66. The zero-order valence-corrected chi connectivity index (χ0v) is 11.6. The van der Waals surface area contributed by atoms with Crippen molar-refractivity contribution < 1.29 is 0 Å². The minimum absolute atomic E-state index is 0.285. The van der Waals surface area contributed by atoms with Gasteiger partial charge >= 0.3 is 0 Å².